The Morgan fingerprint density at radius 3 is 2.77 bits per heavy atom. The van der Waals surface area contributed by atoms with Crippen LogP contribution >= 0.6 is 0 Å². The molecule has 0 atom stereocenters. The standard InChI is InChI=1S/C18H21NO3/c19-14-8-4-7-13-16(21)11-17(22-18(13)14)15(20)10-9-12-5-2-1-3-6-12/h4,7-8,11-12H,1-3,5-6,9-10,19H2. The Morgan fingerprint density at radius 2 is 2.00 bits per heavy atom. The molecule has 1 aromatic heterocycles. The van der Waals surface area contributed by atoms with Crippen molar-refractivity contribution in [3.05, 3.63) is 40.2 Å². The number of carbonyl (C=O) groups excluding carboxylic acids is 1. The Kier molecular flexibility index (Phi) is 4.27. The lowest BCUT2D eigenvalue weighted by Gasteiger charge is -2.20. The van der Waals surface area contributed by atoms with Crippen LogP contribution in [0.15, 0.2) is 33.5 Å². The third-order valence-electron chi connectivity index (χ3n) is 4.56. The predicted octanol–water partition coefficient (Wildman–Crippen LogP) is 3.92. The van der Waals surface area contributed by atoms with Crippen molar-refractivity contribution in [2.75, 3.05) is 5.73 Å². The molecule has 0 bridgehead atoms. The van der Waals surface area contributed by atoms with Crippen molar-refractivity contribution in [3.8, 4) is 0 Å². The van der Waals surface area contributed by atoms with E-state index in [0.29, 0.717) is 29.0 Å². The van der Waals surface area contributed by atoms with Crippen molar-refractivity contribution in [2.24, 2.45) is 5.92 Å². The number of rotatable bonds is 4. The molecule has 1 saturated carbocycles. The largest absolute Gasteiger partial charge is 0.451 e. The van der Waals surface area contributed by atoms with E-state index in [1.807, 2.05) is 0 Å². The summed E-state index contributed by atoms with van der Waals surface area (Å²) in [6.45, 7) is 0. The molecular weight excluding hydrogens is 278 g/mol. The van der Waals surface area contributed by atoms with Gasteiger partial charge in [-0.25, -0.2) is 0 Å². The van der Waals surface area contributed by atoms with Crippen LogP contribution in [0.1, 0.15) is 55.5 Å². The highest BCUT2D eigenvalue weighted by molar-refractivity contribution is 5.96. The van der Waals surface area contributed by atoms with E-state index in [2.05, 4.69) is 0 Å². The highest BCUT2D eigenvalue weighted by Gasteiger charge is 2.18. The lowest BCUT2D eigenvalue weighted by molar-refractivity contribution is 0.0944. The van der Waals surface area contributed by atoms with Crippen LogP contribution in [0.4, 0.5) is 5.69 Å². The Balaban J connectivity index is 1.79. The summed E-state index contributed by atoms with van der Waals surface area (Å²) in [5.74, 6) is 0.661. The van der Waals surface area contributed by atoms with E-state index >= 15 is 0 Å². The fourth-order valence-electron chi connectivity index (χ4n) is 3.27. The summed E-state index contributed by atoms with van der Waals surface area (Å²) >= 11 is 0. The quantitative estimate of drug-likeness (QED) is 0.686. The van der Waals surface area contributed by atoms with Gasteiger partial charge >= 0.3 is 0 Å². The summed E-state index contributed by atoms with van der Waals surface area (Å²) in [7, 11) is 0. The number of benzene rings is 1. The van der Waals surface area contributed by atoms with E-state index in [-0.39, 0.29) is 17.0 Å². The molecule has 0 amide bonds. The molecule has 2 aromatic rings. The number of ketones is 1. The Bertz CT molecular complexity index is 742. The molecule has 116 valence electrons. The Labute approximate surface area is 129 Å². The lowest BCUT2D eigenvalue weighted by atomic mass is 9.85. The molecule has 1 heterocycles. The topological polar surface area (TPSA) is 73.3 Å². The van der Waals surface area contributed by atoms with Crippen LogP contribution in [0.5, 0.6) is 0 Å². The average Bonchev–Trinajstić information content (AvgIpc) is 2.54. The second kappa shape index (κ2) is 6.34. The number of hydrogen-bond acceptors (Lipinski definition) is 4. The van der Waals surface area contributed by atoms with Gasteiger partial charge in [-0.3, -0.25) is 9.59 Å². The van der Waals surface area contributed by atoms with Gasteiger partial charge in [0.25, 0.3) is 0 Å². The first-order valence-electron chi connectivity index (χ1n) is 8.00. The second-order valence-corrected chi connectivity index (χ2v) is 6.16. The maximum Gasteiger partial charge on any atom is 0.198 e. The van der Waals surface area contributed by atoms with Gasteiger partial charge in [-0.05, 0) is 24.5 Å². The van der Waals surface area contributed by atoms with Crippen LogP contribution in [0, 0.1) is 5.92 Å². The van der Waals surface area contributed by atoms with Gasteiger partial charge in [0.15, 0.2) is 22.6 Å². The normalized spacial score (nSPS) is 16.0. The molecule has 2 N–H and O–H groups in total. The van der Waals surface area contributed by atoms with Gasteiger partial charge in [-0.2, -0.15) is 0 Å². The first kappa shape index (κ1) is 14.8. The number of para-hydroxylation sites is 1. The first-order valence-corrected chi connectivity index (χ1v) is 8.00. The van der Waals surface area contributed by atoms with Crippen molar-refractivity contribution < 1.29 is 9.21 Å². The van der Waals surface area contributed by atoms with Crippen molar-refractivity contribution in [1.82, 2.24) is 0 Å². The summed E-state index contributed by atoms with van der Waals surface area (Å²) in [6, 6.07) is 6.33. The van der Waals surface area contributed by atoms with Crippen LogP contribution in [0.3, 0.4) is 0 Å². The maximum absolute atomic E-state index is 12.3. The molecule has 1 aliphatic rings. The number of hydrogen-bond donors (Lipinski definition) is 1. The number of carbonyl (C=O) groups is 1. The zero-order valence-electron chi connectivity index (χ0n) is 12.6. The summed E-state index contributed by atoms with van der Waals surface area (Å²) in [5, 5.41) is 0.420. The van der Waals surface area contributed by atoms with E-state index < -0.39 is 0 Å². The molecule has 1 aromatic carbocycles. The molecule has 1 aliphatic carbocycles. The van der Waals surface area contributed by atoms with Crippen LogP contribution in [0.25, 0.3) is 11.0 Å². The number of anilines is 1. The van der Waals surface area contributed by atoms with Gasteiger partial charge in [0.1, 0.15) is 0 Å². The molecular formula is C18H21NO3. The van der Waals surface area contributed by atoms with Gasteiger partial charge in [0, 0.05) is 12.5 Å². The number of Topliss-reactive ketones (excluding diaryl/α,β-unsaturated/α-hetero) is 1. The first-order chi connectivity index (χ1) is 10.6. The second-order valence-electron chi connectivity index (χ2n) is 6.16. The van der Waals surface area contributed by atoms with Gasteiger partial charge in [-0.1, -0.05) is 38.2 Å². The number of nitrogens with two attached hydrogens (primary N) is 1. The molecule has 4 nitrogen and oxygen atoms in total. The number of fused-ring (bicyclic) bond motifs is 1. The minimum atomic E-state index is -0.213. The smallest absolute Gasteiger partial charge is 0.198 e. The highest BCUT2D eigenvalue weighted by atomic mass is 16.3. The van der Waals surface area contributed by atoms with Crippen molar-refractivity contribution in [1.29, 1.82) is 0 Å². The van der Waals surface area contributed by atoms with Crippen LogP contribution in [0.2, 0.25) is 0 Å². The summed E-state index contributed by atoms with van der Waals surface area (Å²) in [6.07, 6.45) is 7.57. The molecule has 0 spiro atoms. The third-order valence-corrected chi connectivity index (χ3v) is 4.56. The lowest BCUT2D eigenvalue weighted by Crippen LogP contribution is -2.11. The highest BCUT2D eigenvalue weighted by Crippen LogP contribution is 2.28. The summed E-state index contributed by atoms with van der Waals surface area (Å²) in [5.41, 5.74) is 6.33. The van der Waals surface area contributed by atoms with E-state index in [4.69, 9.17) is 10.2 Å². The SMILES string of the molecule is Nc1cccc2c(=O)cc(C(=O)CCC3CCCCC3)oc12. The number of nitrogen functional groups attached to an aromatic ring is 1. The molecule has 3 rings (SSSR count). The minimum absolute atomic E-state index is 0.104. The van der Waals surface area contributed by atoms with Gasteiger partial charge < -0.3 is 10.2 Å². The zero-order valence-corrected chi connectivity index (χ0v) is 12.6. The fourth-order valence-corrected chi connectivity index (χ4v) is 3.27. The monoisotopic (exact) mass is 299 g/mol. The maximum atomic E-state index is 12.3. The van der Waals surface area contributed by atoms with E-state index in [9.17, 15) is 9.59 Å². The molecule has 1 fully saturated rings. The predicted molar refractivity (Wildman–Crippen MR) is 87.0 cm³/mol. The van der Waals surface area contributed by atoms with Crippen LogP contribution in [-0.2, 0) is 0 Å². The third kappa shape index (κ3) is 3.06. The van der Waals surface area contributed by atoms with Crippen LogP contribution < -0.4 is 11.2 Å². The average molecular weight is 299 g/mol. The van der Waals surface area contributed by atoms with E-state index in [0.717, 1.165) is 6.42 Å². The van der Waals surface area contributed by atoms with Crippen molar-refractivity contribution >= 4 is 22.4 Å². The molecule has 0 radical (unpaired) electrons. The molecule has 22 heavy (non-hydrogen) atoms. The molecule has 0 aliphatic heterocycles. The van der Waals surface area contributed by atoms with Gasteiger partial charge in [0.05, 0.1) is 11.1 Å². The van der Waals surface area contributed by atoms with Crippen molar-refractivity contribution in [3.63, 3.8) is 0 Å². The van der Waals surface area contributed by atoms with Crippen LogP contribution in [-0.4, -0.2) is 5.78 Å². The van der Waals surface area contributed by atoms with Crippen molar-refractivity contribution in [2.45, 2.75) is 44.9 Å². The van der Waals surface area contributed by atoms with E-state index in [1.165, 1.54) is 38.2 Å². The Morgan fingerprint density at radius 1 is 1.23 bits per heavy atom. The molecule has 0 unspecified atom stereocenters. The van der Waals surface area contributed by atoms with Gasteiger partial charge in [0.2, 0.25) is 0 Å². The molecule has 4 heteroatoms. The minimum Gasteiger partial charge on any atom is -0.451 e. The zero-order chi connectivity index (χ0) is 15.5. The van der Waals surface area contributed by atoms with E-state index in [1.54, 1.807) is 18.2 Å². The summed E-state index contributed by atoms with van der Waals surface area (Å²) in [4.78, 5) is 24.4. The molecule has 0 saturated heterocycles. The summed E-state index contributed by atoms with van der Waals surface area (Å²) < 4.78 is 5.60. The van der Waals surface area contributed by atoms with Gasteiger partial charge in [-0.15, -0.1) is 0 Å². The Hall–Kier alpha value is -2.10. The fraction of sp³-hybridized carbons (Fsp3) is 0.444.